The van der Waals surface area contributed by atoms with Gasteiger partial charge in [-0.3, -0.25) is 14.9 Å². The Morgan fingerprint density at radius 1 is 1.55 bits per heavy atom. The molecular weight excluding hydrogens is 262 g/mol. The van der Waals surface area contributed by atoms with Crippen molar-refractivity contribution in [2.24, 2.45) is 0 Å². The van der Waals surface area contributed by atoms with Crippen LogP contribution in [0.5, 0.6) is 5.75 Å². The predicted octanol–water partition coefficient (Wildman–Crippen LogP) is 1.09. The van der Waals surface area contributed by atoms with Gasteiger partial charge in [0, 0.05) is 25.2 Å². The molecule has 1 amide bonds. The van der Waals surface area contributed by atoms with Crippen LogP contribution in [-0.4, -0.2) is 37.1 Å². The number of carbonyl (C=O) groups excluding carboxylic acids is 1. The molecule has 1 aliphatic heterocycles. The lowest BCUT2D eigenvalue weighted by atomic mass is 10.1. The molecule has 0 bridgehead atoms. The molecule has 1 aliphatic rings. The predicted molar refractivity (Wildman–Crippen MR) is 73.0 cm³/mol. The van der Waals surface area contributed by atoms with E-state index in [-0.39, 0.29) is 29.0 Å². The van der Waals surface area contributed by atoms with Crippen LogP contribution >= 0.6 is 0 Å². The molecule has 1 saturated heterocycles. The molecular formula is C13H17N3O4. The van der Waals surface area contributed by atoms with Crippen LogP contribution in [0.2, 0.25) is 0 Å². The Hall–Kier alpha value is -2.15. The lowest BCUT2D eigenvalue weighted by Crippen LogP contribution is -2.37. The number of nitrogens with one attached hydrogen (secondary N) is 2. The van der Waals surface area contributed by atoms with Gasteiger partial charge in [-0.2, -0.15) is 0 Å². The summed E-state index contributed by atoms with van der Waals surface area (Å²) >= 11 is 0. The number of nitrogens with zero attached hydrogens (tertiary/aromatic N) is 1. The Balaban J connectivity index is 2.23. The van der Waals surface area contributed by atoms with Crippen LogP contribution in [0.4, 0.5) is 5.69 Å². The van der Waals surface area contributed by atoms with Gasteiger partial charge >= 0.3 is 5.69 Å². The normalized spacial score (nSPS) is 18.4. The zero-order valence-corrected chi connectivity index (χ0v) is 11.2. The SMILES string of the molecule is CNC(=O)c1ccc(O[C@H]2CCCNC2)c([N+](=O)[O-])c1. The zero-order chi connectivity index (χ0) is 14.5. The fourth-order valence-corrected chi connectivity index (χ4v) is 2.15. The van der Waals surface area contributed by atoms with Crippen molar-refractivity contribution in [1.82, 2.24) is 10.6 Å². The van der Waals surface area contributed by atoms with E-state index in [1.165, 1.54) is 25.2 Å². The number of carbonyl (C=O) groups is 1. The van der Waals surface area contributed by atoms with E-state index in [0.29, 0.717) is 6.54 Å². The average molecular weight is 279 g/mol. The average Bonchev–Trinajstić information content (AvgIpc) is 2.47. The van der Waals surface area contributed by atoms with Crippen molar-refractivity contribution in [2.75, 3.05) is 20.1 Å². The summed E-state index contributed by atoms with van der Waals surface area (Å²) in [6.45, 7) is 1.62. The molecule has 1 aromatic rings. The second-order valence-corrected chi connectivity index (χ2v) is 4.60. The van der Waals surface area contributed by atoms with Crippen LogP contribution in [0.3, 0.4) is 0 Å². The Morgan fingerprint density at radius 2 is 2.35 bits per heavy atom. The smallest absolute Gasteiger partial charge is 0.311 e. The summed E-state index contributed by atoms with van der Waals surface area (Å²) in [6.07, 6.45) is 1.77. The van der Waals surface area contributed by atoms with Crippen molar-refractivity contribution in [3.05, 3.63) is 33.9 Å². The fourth-order valence-electron chi connectivity index (χ4n) is 2.15. The van der Waals surface area contributed by atoms with Gasteiger partial charge in [-0.25, -0.2) is 0 Å². The molecule has 0 aromatic heterocycles. The molecule has 2 rings (SSSR count). The quantitative estimate of drug-likeness (QED) is 0.635. The van der Waals surface area contributed by atoms with Gasteiger partial charge in [-0.05, 0) is 31.5 Å². The van der Waals surface area contributed by atoms with Gasteiger partial charge < -0.3 is 15.4 Å². The molecule has 2 N–H and O–H groups in total. The van der Waals surface area contributed by atoms with E-state index < -0.39 is 4.92 Å². The number of nitro benzene ring substituents is 1. The Labute approximate surface area is 116 Å². The molecule has 7 heteroatoms. The van der Waals surface area contributed by atoms with Crippen molar-refractivity contribution in [3.8, 4) is 5.75 Å². The maximum Gasteiger partial charge on any atom is 0.311 e. The van der Waals surface area contributed by atoms with Crippen molar-refractivity contribution in [2.45, 2.75) is 18.9 Å². The molecule has 0 spiro atoms. The third kappa shape index (κ3) is 3.24. The first-order valence-corrected chi connectivity index (χ1v) is 6.49. The summed E-state index contributed by atoms with van der Waals surface area (Å²) in [6, 6.07) is 4.25. The monoisotopic (exact) mass is 279 g/mol. The maximum absolute atomic E-state index is 11.5. The van der Waals surface area contributed by atoms with E-state index in [1.54, 1.807) is 0 Å². The van der Waals surface area contributed by atoms with E-state index in [2.05, 4.69) is 10.6 Å². The van der Waals surface area contributed by atoms with Gasteiger partial charge in [-0.15, -0.1) is 0 Å². The summed E-state index contributed by atoms with van der Waals surface area (Å²) in [7, 11) is 1.48. The molecule has 20 heavy (non-hydrogen) atoms. The number of benzene rings is 1. The molecule has 108 valence electrons. The first-order valence-electron chi connectivity index (χ1n) is 6.49. The molecule has 1 fully saturated rings. The summed E-state index contributed by atoms with van der Waals surface area (Å²) in [5, 5.41) is 16.7. The van der Waals surface area contributed by atoms with E-state index in [0.717, 1.165) is 19.4 Å². The molecule has 1 aromatic carbocycles. The van der Waals surface area contributed by atoms with Gasteiger partial charge in [0.2, 0.25) is 0 Å². The molecule has 0 unspecified atom stereocenters. The minimum atomic E-state index is -0.530. The highest BCUT2D eigenvalue weighted by atomic mass is 16.6. The number of rotatable bonds is 4. The van der Waals surface area contributed by atoms with E-state index in [1.807, 2.05) is 0 Å². The number of nitro groups is 1. The maximum atomic E-state index is 11.5. The zero-order valence-electron chi connectivity index (χ0n) is 11.2. The number of piperidine rings is 1. The van der Waals surface area contributed by atoms with E-state index in [9.17, 15) is 14.9 Å². The molecule has 7 nitrogen and oxygen atoms in total. The van der Waals surface area contributed by atoms with Crippen LogP contribution in [0.25, 0.3) is 0 Å². The highest BCUT2D eigenvalue weighted by Gasteiger charge is 2.22. The Morgan fingerprint density at radius 3 is 2.95 bits per heavy atom. The summed E-state index contributed by atoms with van der Waals surface area (Å²) in [4.78, 5) is 22.1. The topological polar surface area (TPSA) is 93.5 Å². The van der Waals surface area contributed by atoms with Crippen LogP contribution in [0.1, 0.15) is 23.2 Å². The van der Waals surface area contributed by atoms with Crippen molar-refractivity contribution < 1.29 is 14.5 Å². The largest absolute Gasteiger partial charge is 0.482 e. The van der Waals surface area contributed by atoms with Gasteiger partial charge in [-0.1, -0.05) is 0 Å². The highest BCUT2D eigenvalue weighted by Crippen LogP contribution is 2.29. The van der Waals surface area contributed by atoms with Gasteiger partial charge in [0.25, 0.3) is 5.91 Å². The van der Waals surface area contributed by atoms with Crippen LogP contribution < -0.4 is 15.4 Å². The summed E-state index contributed by atoms with van der Waals surface area (Å²) < 4.78 is 5.68. The third-order valence-corrected chi connectivity index (χ3v) is 3.19. The minimum Gasteiger partial charge on any atom is -0.482 e. The van der Waals surface area contributed by atoms with Gasteiger partial charge in [0.1, 0.15) is 6.10 Å². The number of ether oxygens (including phenoxy) is 1. The lowest BCUT2D eigenvalue weighted by Gasteiger charge is -2.23. The Kier molecular flexibility index (Phi) is 4.52. The molecule has 0 saturated carbocycles. The first-order chi connectivity index (χ1) is 9.61. The van der Waals surface area contributed by atoms with Crippen molar-refractivity contribution in [3.63, 3.8) is 0 Å². The van der Waals surface area contributed by atoms with Crippen LogP contribution in [0, 0.1) is 10.1 Å². The standard InChI is InChI=1S/C13H17N3O4/c1-14-13(17)9-4-5-12(11(7-9)16(18)19)20-10-3-2-6-15-8-10/h4-5,7,10,15H,2-3,6,8H2,1H3,(H,14,17)/t10-/m0/s1. The summed E-state index contributed by atoms with van der Waals surface area (Å²) in [5.74, 6) is -0.157. The van der Waals surface area contributed by atoms with Gasteiger partial charge in [0.05, 0.1) is 4.92 Å². The fraction of sp³-hybridized carbons (Fsp3) is 0.462. The van der Waals surface area contributed by atoms with Crippen molar-refractivity contribution in [1.29, 1.82) is 0 Å². The second kappa shape index (κ2) is 6.33. The number of hydrogen-bond acceptors (Lipinski definition) is 5. The first kappa shape index (κ1) is 14.3. The number of hydrogen-bond donors (Lipinski definition) is 2. The van der Waals surface area contributed by atoms with Crippen LogP contribution in [0.15, 0.2) is 18.2 Å². The third-order valence-electron chi connectivity index (χ3n) is 3.19. The van der Waals surface area contributed by atoms with Crippen molar-refractivity contribution >= 4 is 11.6 Å². The second-order valence-electron chi connectivity index (χ2n) is 4.60. The summed E-state index contributed by atoms with van der Waals surface area (Å²) in [5.41, 5.74) is 0.0602. The number of amides is 1. The molecule has 0 aliphatic carbocycles. The molecule has 1 heterocycles. The lowest BCUT2D eigenvalue weighted by molar-refractivity contribution is -0.386. The van der Waals surface area contributed by atoms with Gasteiger partial charge in [0.15, 0.2) is 5.75 Å². The highest BCUT2D eigenvalue weighted by molar-refractivity contribution is 5.94. The molecule has 0 radical (unpaired) electrons. The molecule has 1 atom stereocenters. The van der Waals surface area contributed by atoms with E-state index in [4.69, 9.17) is 4.74 Å². The van der Waals surface area contributed by atoms with E-state index >= 15 is 0 Å². The minimum absolute atomic E-state index is 0.0756. The van der Waals surface area contributed by atoms with Crippen LogP contribution in [-0.2, 0) is 0 Å². The Bertz CT molecular complexity index is 512.